The van der Waals surface area contributed by atoms with E-state index in [1.165, 1.54) is 16.3 Å². The lowest BCUT2D eigenvalue weighted by molar-refractivity contribution is 0.538. The fourth-order valence-corrected chi connectivity index (χ4v) is 2.57. The molecule has 2 aromatic rings. The fraction of sp³-hybridized carbons (Fsp3) is 0.333. The summed E-state index contributed by atoms with van der Waals surface area (Å²) in [6, 6.07) is 13.6. The maximum Gasteiger partial charge on any atom is 0.0317 e. The van der Waals surface area contributed by atoms with Crippen LogP contribution in [0.4, 0.5) is 0 Å². The minimum absolute atomic E-state index is 0.466. The molecule has 1 N–H and O–H groups in total. The molecular weight excluding hydrogens is 274 g/mol. The molecule has 0 saturated carbocycles. The van der Waals surface area contributed by atoms with Crippen molar-refractivity contribution in [3.05, 3.63) is 46.4 Å². The summed E-state index contributed by atoms with van der Waals surface area (Å²) < 4.78 is 1.14. The molecule has 2 rings (SSSR count). The van der Waals surface area contributed by atoms with Crippen molar-refractivity contribution in [3.8, 4) is 0 Å². The van der Waals surface area contributed by atoms with Gasteiger partial charge in [-0.15, -0.1) is 0 Å². The van der Waals surface area contributed by atoms with Crippen LogP contribution in [0.3, 0.4) is 0 Å². The van der Waals surface area contributed by atoms with Crippen molar-refractivity contribution in [1.29, 1.82) is 0 Å². The van der Waals surface area contributed by atoms with Crippen LogP contribution in [-0.2, 0) is 0 Å². The van der Waals surface area contributed by atoms with E-state index in [9.17, 15) is 0 Å². The van der Waals surface area contributed by atoms with Gasteiger partial charge in [-0.05, 0) is 47.5 Å². The molecule has 0 radical (unpaired) electrons. The summed E-state index contributed by atoms with van der Waals surface area (Å²) in [6.45, 7) is 5.39. The van der Waals surface area contributed by atoms with Crippen LogP contribution in [0.5, 0.6) is 0 Å². The summed E-state index contributed by atoms with van der Waals surface area (Å²) in [6.07, 6.45) is 1.12. The molecule has 0 saturated heterocycles. The van der Waals surface area contributed by atoms with Crippen LogP contribution in [0.25, 0.3) is 10.8 Å². The summed E-state index contributed by atoms with van der Waals surface area (Å²) in [5, 5.41) is 6.11. The standard InChI is InChI=1S/C15H18BrN/c1-3-15(17-4-2)13-6-5-12-10-14(16)8-7-11(12)9-13/h5-10,15,17H,3-4H2,1-2H3. The normalized spacial score (nSPS) is 12.9. The van der Waals surface area contributed by atoms with E-state index in [0.29, 0.717) is 6.04 Å². The third-order valence-corrected chi connectivity index (χ3v) is 3.58. The van der Waals surface area contributed by atoms with E-state index in [1.807, 2.05) is 0 Å². The van der Waals surface area contributed by atoms with Crippen LogP contribution >= 0.6 is 15.9 Å². The Bertz CT molecular complexity index is 507. The zero-order valence-electron chi connectivity index (χ0n) is 10.3. The van der Waals surface area contributed by atoms with Gasteiger partial charge in [0.15, 0.2) is 0 Å². The lowest BCUT2D eigenvalue weighted by atomic mass is 10.0. The van der Waals surface area contributed by atoms with E-state index in [0.717, 1.165) is 17.4 Å². The van der Waals surface area contributed by atoms with Gasteiger partial charge in [0, 0.05) is 10.5 Å². The Morgan fingerprint density at radius 3 is 2.47 bits per heavy atom. The molecule has 0 bridgehead atoms. The van der Waals surface area contributed by atoms with Crippen LogP contribution in [-0.4, -0.2) is 6.54 Å². The molecule has 0 aliphatic heterocycles. The molecular formula is C15H18BrN. The second kappa shape index (κ2) is 5.65. The average molecular weight is 292 g/mol. The predicted molar refractivity (Wildman–Crippen MR) is 78.4 cm³/mol. The van der Waals surface area contributed by atoms with Crippen molar-refractivity contribution >= 4 is 26.7 Å². The number of hydrogen-bond donors (Lipinski definition) is 1. The number of fused-ring (bicyclic) bond motifs is 1. The van der Waals surface area contributed by atoms with Crippen LogP contribution in [0.15, 0.2) is 40.9 Å². The van der Waals surface area contributed by atoms with Crippen molar-refractivity contribution < 1.29 is 0 Å². The van der Waals surface area contributed by atoms with Crippen LogP contribution in [0.2, 0.25) is 0 Å². The number of halogens is 1. The Labute approximate surface area is 111 Å². The first-order valence-corrected chi connectivity index (χ1v) is 6.96. The van der Waals surface area contributed by atoms with Gasteiger partial charge in [-0.3, -0.25) is 0 Å². The van der Waals surface area contributed by atoms with Crippen molar-refractivity contribution in [2.45, 2.75) is 26.3 Å². The largest absolute Gasteiger partial charge is 0.310 e. The zero-order valence-corrected chi connectivity index (χ0v) is 11.9. The molecule has 1 unspecified atom stereocenters. The first-order valence-electron chi connectivity index (χ1n) is 6.17. The molecule has 2 heteroatoms. The SMILES string of the molecule is CCNC(CC)c1ccc2cc(Br)ccc2c1. The Kier molecular flexibility index (Phi) is 4.19. The van der Waals surface area contributed by atoms with Gasteiger partial charge in [-0.1, -0.05) is 48.0 Å². The molecule has 0 aliphatic carbocycles. The lowest BCUT2D eigenvalue weighted by Gasteiger charge is -2.16. The Balaban J connectivity index is 2.40. The molecule has 2 aromatic carbocycles. The summed E-state index contributed by atoms with van der Waals surface area (Å²) >= 11 is 3.51. The van der Waals surface area contributed by atoms with Gasteiger partial charge >= 0.3 is 0 Å². The van der Waals surface area contributed by atoms with Gasteiger partial charge in [0.05, 0.1) is 0 Å². The van der Waals surface area contributed by atoms with E-state index < -0.39 is 0 Å². The minimum atomic E-state index is 0.466. The summed E-state index contributed by atoms with van der Waals surface area (Å²) in [7, 11) is 0. The first-order chi connectivity index (χ1) is 8.24. The van der Waals surface area contributed by atoms with Crippen LogP contribution < -0.4 is 5.32 Å². The van der Waals surface area contributed by atoms with Gasteiger partial charge in [0.1, 0.15) is 0 Å². The zero-order chi connectivity index (χ0) is 12.3. The molecule has 0 spiro atoms. The summed E-state index contributed by atoms with van der Waals surface area (Å²) in [5.41, 5.74) is 1.38. The Morgan fingerprint density at radius 1 is 1.06 bits per heavy atom. The van der Waals surface area contributed by atoms with Gasteiger partial charge < -0.3 is 5.32 Å². The van der Waals surface area contributed by atoms with E-state index in [-0.39, 0.29) is 0 Å². The Morgan fingerprint density at radius 2 is 1.76 bits per heavy atom. The first kappa shape index (κ1) is 12.6. The predicted octanol–water partition coefficient (Wildman–Crippen LogP) is 4.66. The van der Waals surface area contributed by atoms with E-state index in [1.54, 1.807) is 0 Å². The third-order valence-electron chi connectivity index (χ3n) is 3.09. The summed E-state index contributed by atoms with van der Waals surface area (Å²) in [4.78, 5) is 0. The number of nitrogens with one attached hydrogen (secondary N) is 1. The number of rotatable bonds is 4. The van der Waals surface area contributed by atoms with E-state index >= 15 is 0 Å². The number of benzene rings is 2. The second-order valence-corrected chi connectivity index (χ2v) is 5.19. The smallest absolute Gasteiger partial charge is 0.0317 e. The van der Waals surface area contributed by atoms with Crippen molar-refractivity contribution in [1.82, 2.24) is 5.32 Å². The third kappa shape index (κ3) is 2.88. The topological polar surface area (TPSA) is 12.0 Å². The maximum atomic E-state index is 3.52. The van der Waals surface area contributed by atoms with Crippen LogP contribution in [0.1, 0.15) is 31.9 Å². The Hall–Kier alpha value is -0.860. The highest BCUT2D eigenvalue weighted by molar-refractivity contribution is 9.10. The molecule has 0 heterocycles. The second-order valence-electron chi connectivity index (χ2n) is 4.27. The van der Waals surface area contributed by atoms with E-state index in [4.69, 9.17) is 0 Å². The monoisotopic (exact) mass is 291 g/mol. The highest BCUT2D eigenvalue weighted by atomic mass is 79.9. The molecule has 0 aliphatic rings. The molecule has 0 aromatic heterocycles. The lowest BCUT2D eigenvalue weighted by Crippen LogP contribution is -2.19. The average Bonchev–Trinajstić information content (AvgIpc) is 2.35. The van der Waals surface area contributed by atoms with E-state index in [2.05, 4.69) is 71.5 Å². The van der Waals surface area contributed by atoms with Gasteiger partial charge in [0.25, 0.3) is 0 Å². The molecule has 1 atom stereocenters. The molecule has 1 nitrogen and oxygen atoms in total. The van der Waals surface area contributed by atoms with Crippen LogP contribution in [0, 0.1) is 0 Å². The maximum absolute atomic E-state index is 3.52. The van der Waals surface area contributed by atoms with Crippen molar-refractivity contribution in [2.75, 3.05) is 6.54 Å². The quantitative estimate of drug-likeness (QED) is 0.864. The van der Waals surface area contributed by atoms with Gasteiger partial charge in [0.2, 0.25) is 0 Å². The molecule has 90 valence electrons. The number of hydrogen-bond acceptors (Lipinski definition) is 1. The molecule has 0 fully saturated rings. The van der Waals surface area contributed by atoms with Gasteiger partial charge in [-0.25, -0.2) is 0 Å². The highest BCUT2D eigenvalue weighted by Crippen LogP contribution is 2.24. The van der Waals surface area contributed by atoms with Gasteiger partial charge in [-0.2, -0.15) is 0 Å². The van der Waals surface area contributed by atoms with Crippen molar-refractivity contribution in [3.63, 3.8) is 0 Å². The molecule has 0 amide bonds. The minimum Gasteiger partial charge on any atom is -0.310 e. The molecule has 17 heavy (non-hydrogen) atoms. The summed E-state index contributed by atoms with van der Waals surface area (Å²) in [5.74, 6) is 0. The fourth-order valence-electron chi connectivity index (χ4n) is 2.20. The van der Waals surface area contributed by atoms with Crippen molar-refractivity contribution in [2.24, 2.45) is 0 Å². The highest BCUT2D eigenvalue weighted by Gasteiger charge is 2.07.